The third kappa shape index (κ3) is 3.64. The summed E-state index contributed by atoms with van der Waals surface area (Å²) in [5, 5.41) is 11.0. The van der Waals surface area contributed by atoms with E-state index in [4.69, 9.17) is 10.5 Å². The van der Waals surface area contributed by atoms with Gasteiger partial charge in [-0.05, 0) is 49.3 Å². The number of carbonyl (C=O) groups excluding carboxylic acids is 1. The first-order chi connectivity index (χ1) is 11.5. The number of aliphatic hydroxyl groups is 1. The van der Waals surface area contributed by atoms with Crippen LogP contribution < -0.4 is 5.73 Å². The molecule has 0 bridgehead atoms. The first-order valence-electron chi connectivity index (χ1n) is 9.04. The van der Waals surface area contributed by atoms with Crippen molar-refractivity contribution in [1.82, 2.24) is 0 Å². The molecule has 138 valence electrons. The molecule has 0 spiro atoms. The van der Waals surface area contributed by atoms with Gasteiger partial charge in [0.2, 0.25) is 0 Å². The molecule has 1 aliphatic heterocycles. The predicted octanol–water partition coefficient (Wildman–Crippen LogP) is 4.89. The fourth-order valence-corrected chi connectivity index (χ4v) is 4.03. The Labute approximate surface area is 155 Å². The third-order valence-corrected chi connectivity index (χ3v) is 5.18. The smallest absolute Gasteiger partial charge is 0.339 e. The Bertz CT molecular complexity index is 661. The Balaban J connectivity index is 0.00000225. The highest BCUT2D eigenvalue weighted by Crippen LogP contribution is 2.52. The molecule has 1 atom stereocenters. The molecule has 4 nitrogen and oxygen atoms in total. The van der Waals surface area contributed by atoms with Crippen LogP contribution in [0.15, 0.2) is 35.6 Å². The number of hydrogen-bond donors (Lipinski definition) is 2. The van der Waals surface area contributed by atoms with Crippen LogP contribution in [-0.4, -0.2) is 16.7 Å². The first-order valence-corrected chi connectivity index (χ1v) is 9.04. The Morgan fingerprint density at radius 1 is 1.28 bits per heavy atom. The van der Waals surface area contributed by atoms with Crippen LogP contribution in [0.1, 0.15) is 63.9 Å². The highest BCUT2D eigenvalue weighted by atomic mass is 35.5. The minimum atomic E-state index is -0.830. The number of nitrogens with two attached hydrogens (primary N) is 1. The lowest BCUT2D eigenvalue weighted by atomic mass is 9.82. The maximum absolute atomic E-state index is 12.7. The number of anilines is 1. The highest BCUT2D eigenvalue weighted by Gasteiger charge is 2.51. The number of cyclic esters (lactones) is 1. The summed E-state index contributed by atoms with van der Waals surface area (Å²) in [7, 11) is 0. The Hall–Kier alpha value is -1.68. The summed E-state index contributed by atoms with van der Waals surface area (Å²) in [5.74, 6) is 0.0800. The molecular formula is C20H28ClNO3. The minimum absolute atomic E-state index is 0. The van der Waals surface area contributed by atoms with Gasteiger partial charge >= 0.3 is 5.97 Å². The van der Waals surface area contributed by atoms with Crippen molar-refractivity contribution < 1.29 is 14.6 Å². The second kappa shape index (κ2) is 7.69. The first kappa shape index (κ1) is 19.6. The summed E-state index contributed by atoms with van der Waals surface area (Å²) in [6.07, 6.45) is 5.18. The van der Waals surface area contributed by atoms with E-state index in [1.54, 1.807) is 0 Å². The van der Waals surface area contributed by atoms with Gasteiger partial charge in [-0.3, -0.25) is 0 Å². The number of benzene rings is 1. The average Bonchev–Trinajstić information content (AvgIpc) is 3.33. The van der Waals surface area contributed by atoms with Gasteiger partial charge < -0.3 is 15.6 Å². The Morgan fingerprint density at radius 3 is 2.44 bits per heavy atom. The van der Waals surface area contributed by atoms with Crippen molar-refractivity contribution in [3.63, 3.8) is 0 Å². The zero-order valence-corrected chi connectivity index (χ0v) is 15.8. The molecule has 1 aromatic rings. The van der Waals surface area contributed by atoms with Crippen LogP contribution in [-0.2, 0) is 9.53 Å². The number of ether oxygens (including phenoxy) is 1. The van der Waals surface area contributed by atoms with Gasteiger partial charge in [-0.2, -0.15) is 0 Å². The van der Waals surface area contributed by atoms with E-state index in [0.717, 1.165) is 31.2 Å². The Kier molecular flexibility index (Phi) is 6.04. The zero-order valence-electron chi connectivity index (χ0n) is 15.0. The second-order valence-electron chi connectivity index (χ2n) is 7.13. The molecule has 1 aliphatic carbocycles. The van der Waals surface area contributed by atoms with Crippen LogP contribution >= 0.6 is 12.4 Å². The average molecular weight is 366 g/mol. The van der Waals surface area contributed by atoms with Crippen LogP contribution in [0.4, 0.5) is 5.69 Å². The summed E-state index contributed by atoms with van der Waals surface area (Å²) in [6.45, 7) is 4.10. The zero-order chi connectivity index (χ0) is 17.3. The van der Waals surface area contributed by atoms with Crippen molar-refractivity contribution in [2.45, 2.75) is 63.9 Å². The molecule has 0 radical (unpaired) electrons. The number of aliphatic hydroxyl groups excluding tert-OH is 1. The van der Waals surface area contributed by atoms with E-state index in [9.17, 15) is 9.90 Å². The molecule has 1 heterocycles. The lowest BCUT2D eigenvalue weighted by Crippen LogP contribution is -2.31. The summed E-state index contributed by atoms with van der Waals surface area (Å²) in [5.41, 5.74) is 7.25. The third-order valence-electron chi connectivity index (χ3n) is 5.18. The second-order valence-corrected chi connectivity index (χ2v) is 7.13. The van der Waals surface area contributed by atoms with Crippen molar-refractivity contribution in [3.05, 3.63) is 41.2 Å². The van der Waals surface area contributed by atoms with E-state index in [-0.39, 0.29) is 30.1 Å². The van der Waals surface area contributed by atoms with Crippen molar-refractivity contribution in [2.75, 3.05) is 5.73 Å². The highest BCUT2D eigenvalue weighted by molar-refractivity contribution is 5.94. The molecule has 1 aromatic carbocycles. The van der Waals surface area contributed by atoms with Crippen LogP contribution in [0.2, 0.25) is 0 Å². The number of esters is 1. The summed E-state index contributed by atoms with van der Waals surface area (Å²) < 4.78 is 5.77. The molecule has 1 fully saturated rings. The van der Waals surface area contributed by atoms with Crippen LogP contribution in [0.5, 0.6) is 0 Å². The lowest BCUT2D eigenvalue weighted by Gasteiger charge is -2.27. The monoisotopic (exact) mass is 365 g/mol. The molecule has 3 N–H and O–H groups in total. The molecule has 1 saturated carbocycles. The fourth-order valence-electron chi connectivity index (χ4n) is 4.03. The van der Waals surface area contributed by atoms with E-state index < -0.39 is 5.60 Å². The van der Waals surface area contributed by atoms with Gasteiger partial charge in [0.05, 0.1) is 5.57 Å². The van der Waals surface area contributed by atoms with E-state index in [0.29, 0.717) is 30.0 Å². The van der Waals surface area contributed by atoms with Gasteiger partial charge in [-0.1, -0.05) is 38.8 Å². The number of carbonyl (C=O) groups is 1. The number of halogens is 1. The van der Waals surface area contributed by atoms with Gasteiger partial charge in [-0.25, -0.2) is 4.79 Å². The molecule has 0 amide bonds. The molecular weight excluding hydrogens is 338 g/mol. The molecule has 2 aliphatic rings. The van der Waals surface area contributed by atoms with Gasteiger partial charge in [0.25, 0.3) is 0 Å². The van der Waals surface area contributed by atoms with Crippen LogP contribution in [0, 0.1) is 5.92 Å². The minimum Gasteiger partial charge on any atom is -0.507 e. The maximum Gasteiger partial charge on any atom is 0.339 e. The molecule has 1 unspecified atom stereocenters. The topological polar surface area (TPSA) is 72.5 Å². The van der Waals surface area contributed by atoms with E-state index in [1.807, 2.05) is 38.1 Å². The lowest BCUT2D eigenvalue weighted by molar-refractivity contribution is -0.149. The molecule has 3 rings (SSSR count). The van der Waals surface area contributed by atoms with E-state index >= 15 is 0 Å². The fraction of sp³-hybridized carbons (Fsp3) is 0.550. The summed E-state index contributed by atoms with van der Waals surface area (Å²) in [4.78, 5) is 12.7. The maximum atomic E-state index is 12.7. The number of nitrogen functional groups attached to an aromatic ring is 1. The molecule has 25 heavy (non-hydrogen) atoms. The number of hydrogen-bond acceptors (Lipinski definition) is 4. The van der Waals surface area contributed by atoms with Gasteiger partial charge in [0.15, 0.2) is 5.60 Å². The molecule has 0 saturated heterocycles. The molecule has 0 aromatic heterocycles. The van der Waals surface area contributed by atoms with Crippen molar-refractivity contribution in [1.29, 1.82) is 0 Å². The number of rotatable bonds is 7. The van der Waals surface area contributed by atoms with Crippen molar-refractivity contribution in [3.8, 4) is 0 Å². The normalized spacial score (nSPS) is 20.2. The van der Waals surface area contributed by atoms with E-state index in [2.05, 4.69) is 0 Å². The van der Waals surface area contributed by atoms with Gasteiger partial charge in [0.1, 0.15) is 5.76 Å². The summed E-state index contributed by atoms with van der Waals surface area (Å²) in [6, 6.07) is 7.65. The summed E-state index contributed by atoms with van der Waals surface area (Å²) >= 11 is 0. The van der Waals surface area contributed by atoms with Crippen LogP contribution in [0.25, 0.3) is 0 Å². The largest absolute Gasteiger partial charge is 0.507 e. The Morgan fingerprint density at radius 2 is 1.92 bits per heavy atom. The molecule has 5 heteroatoms. The predicted molar refractivity (Wildman–Crippen MR) is 102 cm³/mol. The SMILES string of the molecule is CCCC1(CCC)OC(=O)C(C(c2cccc(N)c2)C2CC2)=C1O.Cl. The quantitative estimate of drug-likeness (QED) is 0.532. The van der Waals surface area contributed by atoms with E-state index in [1.165, 1.54) is 0 Å². The van der Waals surface area contributed by atoms with Crippen LogP contribution in [0.3, 0.4) is 0 Å². The van der Waals surface area contributed by atoms with Gasteiger partial charge in [0, 0.05) is 11.6 Å². The van der Waals surface area contributed by atoms with Gasteiger partial charge in [-0.15, -0.1) is 12.4 Å². The van der Waals surface area contributed by atoms with Crippen molar-refractivity contribution in [2.24, 2.45) is 5.92 Å². The standard InChI is InChI=1S/C20H27NO3.ClH/c1-3-10-20(11-4-2)18(22)17(19(23)24-20)16(13-8-9-13)14-6-5-7-15(21)12-14;/h5-7,12-13,16,22H,3-4,8-11,21H2,1-2H3;1H. The van der Waals surface area contributed by atoms with Crippen molar-refractivity contribution >= 4 is 24.1 Å².